The van der Waals surface area contributed by atoms with Crippen LogP contribution in [0.3, 0.4) is 0 Å². The molecule has 1 aliphatic rings. The number of likely N-dealkylation sites (tertiary alicyclic amines) is 1. The minimum atomic E-state index is -0.526. The molecule has 1 amide bonds. The van der Waals surface area contributed by atoms with Gasteiger partial charge < -0.3 is 10.6 Å². The molecular formula is C15H22N2O. The van der Waals surface area contributed by atoms with E-state index in [4.69, 9.17) is 5.73 Å². The fourth-order valence-electron chi connectivity index (χ4n) is 2.72. The van der Waals surface area contributed by atoms with Gasteiger partial charge in [0.05, 0.1) is 0 Å². The lowest BCUT2D eigenvalue weighted by atomic mass is 9.92. The number of hydrogen-bond acceptors (Lipinski definition) is 2. The van der Waals surface area contributed by atoms with Gasteiger partial charge in [-0.1, -0.05) is 37.3 Å². The Morgan fingerprint density at radius 2 is 2.00 bits per heavy atom. The molecule has 1 aromatic carbocycles. The Morgan fingerprint density at radius 3 is 2.61 bits per heavy atom. The van der Waals surface area contributed by atoms with Gasteiger partial charge >= 0.3 is 0 Å². The van der Waals surface area contributed by atoms with Crippen LogP contribution in [-0.4, -0.2) is 23.4 Å². The van der Waals surface area contributed by atoms with Crippen molar-refractivity contribution in [3.63, 3.8) is 0 Å². The normalized spacial score (nSPS) is 25.8. The van der Waals surface area contributed by atoms with Crippen molar-refractivity contribution in [1.82, 2.24) is 4.90 Å². The summed E-state index contributed by atoms with van der Waals surface area (Å²) in [5.41, 5.74) is 6.97. The number of hydrogen-bond donors (Lipinski definition) is 1. The van der Waals surface area contributed by atoms with Gasteiger partial charge in [0.1, 0.15) is 6.04 Å². The van der Waals surface area contributed by atoms with Gasteiger partial charge in [-0.25, -0.2) is 0 Å². The number of benzene rings is 1. The summed E-state index contributed by atoms with van der Waals surface area (Å²) < 4.78 is 0. The zero-order valence-corrected chi connectivity index (χ0v) is 11.2. The summed E-state index contributed by atoms with van der Waals surface area (Å²) in [5, 5.41) is 0. The molecule has 0 aromatic heterocycles. The monoisotopic (exact) mass is 246 g/mol. The van der Waals surface area contributed by atoms with Crippen LogP contribution < -0.4 is 5.73 Å². The predicted molar refractivity (Wildman–Crippen MR) is 72.9 cm³/mol. The molecule has 0 aliphatic carbocycles. The van der Waals surface area contributed by atoms with E-state index in [2.05, 4.69) is 13.8 Å². The molecular weight excluding hydrogens is 224 g/mol. The summed E-state index contributed by atoms with van der Waals surface area (Å²) in [5.74, 6) is 0.762. The Bertz CT molecular complexity index is 404. The van der Waals surface area contributed by atoms with Crippen molar-refractivity contribution < 1.29 is 4.79 Å². The first kappa shape index (κ1) is 13.1. The second-order valence-electron chi connectivity index (χ2n) is 5.40. The van der Waals surface area contributed by atoms with Crippen LogP contribution in [0.2, 0.25) is 0 Å². The van der Waals surface area contributed by atoms with E-state index in [1.165, 1.54) is 0 Å². The molecule has 18 heavy (non-hydrogen) atoms. The first-order valence-corrected chi connectivity index (χ1v) is 6.70. The molecule has 3 nitrogen and oxygen atoms in total. The van der Waals surface area contributed by atoms with E-state index in [0.29, 0.717) is 12.0 Å². The number of piperidine rings is 1. The van der Waals surface area contributed by atoms with E-state index in [1.54, 1.807) is 0 Å². The van der Waals surface area contributed by atoms with E-state index in [-0.39, 0.29) is 5.91 Å². The molecule has 3 atom stereocenters. The average molecular weight is 246 g/mol. The maximum atomic E-state index is 12.4. The highest BCUT2D eigenvalue weighted by Crippen LogP contribution is 2.24. The van der Waals surface area contributed by atoms with Gasteiger partial charge in [-0.05, 0) is 31.2 Å². The average Bonchev–Trinajstić information content (AvgIpc) is 2.38. The number of amides is 1. The predicted octanol–water partition coefficient (Wildman–Crippen LogP) is 2.33. The Labute approximate surface area is 109 Å². The number of nitrogens with two attached hydrogens (primary N) is 1. The number of rotatable bonds is 2. The lowest BCUT2D eigenvalue weighted by Crippen LogP contribution is -2.47. The lowest BCUT2D eigenvalue weighted by molar-refractivity contribution is -0.136. The summed E-state index contributed by atoms with van der Waals surface area (Å²) in [4.78, 5) is 14.4. The van der Waals surface area contributed by atoms with E-state index < -0.39 is 6.04 Å². The summed E-state index contributed by atoms with van der Waals surface area (Å²) in [6, 6.07) is 9.39. The number of carbonyl (C=O) groups excluding carboxylic acids is 1. The molecule has 3 unspecified atom stereocenters. The van der Waals surface area contributed by atoms with Crippen LogP contribution in [0.5, 0.6) is 0 Å². The van der Waals surface area contributed by atoms with Crippen molar-refractivity contribution in [2.24, 2.45) is 11.7 Å². The third-order valence-corrected chi connectivity index (χ3v) is 3.85. The maximum Gasteiger partial charge on any atom is 0.244 e. The molecule has 1 heterocycles. The zero-order valence-electron chi connectivity index (χ0n) is 11.2. The van der Waals surface area contributed by atoms with Gasteiger partial charge in [0, 0.05) is 12.6 Å². The topological polar surface area (TPSA) is 46.3 Å². The fourth-order valence-corrected chi connectivity index (χ4v) is 2.72. The number of nitrogens with zero attached hydrogens (tertiary/aromatic N) is 1. The Kier molecular flexibility index (Phi) is 4.02. The van der Waals surface area contributed by atoms with Crippen molar-refractivity contribution >= 4 is 5.91 Å². The molecule has 0 spiro atoms. The second-order valence-corrected chi connectivity index (χ2v) is 5.40. The zero-order chi connectivity index (χ0) is 13.1. The Morgan fingerprint density at radius 1 is 1.33 bits per heavy atom. The van der Waals surface area contributed by atoms with Crippen LogP contribution in [0.25, 0.3) is 0 Å². The Hall–Kier alpha value is -1.35. The standard InChI is InChI=1S/C15H22N2O/c1-11-8-9-17(12(2)10-11)15(18)14(16)13-6-4-3-5-7-13/h3-7,11-12,14H,8-10,16H2,1-2H3. The minimum Gasteiger partial charge on any atom is -0.338 e. The van der Waals surface area contributed by atoms with Gasteiger partial charge in [0.2, 0.25) is 5.91 Å². The van der Waals surface area contributed by atoms with E-state index in [9.17, 15) is 4.79 Å². The van der Waals surface area contributed by atoms with Gasteiger partial charge in [-0.15, -0.1) is 0 Å². The van der Waals surface area contributed by atoms with Gasteiger partial charge in [-0.3, -0.25) is 4.79 Å². The van der Waals surface area contributed by atoms with Crippen LogP contribution in [0.15, 0.2) is 30.3 Å². The van der Waals surface area contributed by atoms with Crippen molar-refractivity contribution in [1.29, 1.82) is 0 Å². The second kappa shape index (κ2) is 5.53. The summed E-state index contributed by atoms with van der Waals surface area (Å²) in [6.45, 7) is 5.20. The molecule has 1 aromatic rings. The van der Waals surface area contributed by atoms with Crippen molar-refractivity contribution in [2.75, 3.05) is 6.54 Å². The largest absolute Gasteiger partial charge is 0.338 e. The van der Waals surface area contributed by atoms with Gasteiger partial charge in [0.15, 0.2) is 0 Å². The molecule has 1 aliphatic heterocycles. The van der Waals surface area contributed by atoms with E-state index >= 15 is 0 Å². The molecule has 1 fully saturated rings. The van der Waals surface area contributed by atoms with Crippen LogP contribution >= 0.6 is 0 Å². The van der Waals surface area contributed by atoms with Crippen LogP contribution in [0, 0.1) is 5.92 Å². The fraction of sp³-hybridized carbons (Fsp3) is 0.533. The quantitative estimate of drug-likeness (QED) is 0.870. The molecule has 2 N–H and O–H groups in total. The molecule has 0 radical (unpaired) electrons. The molecule has 0 saturated carbocycles. The van der Waals surface area contributed by atoms with Crippen molar-refractivity contribution in [2.45, 2.75) is 38.8 Å². The van der Waals surface area contributed by atoms with E-state index in [0.717, 1.165) is 24.9 Å². The smallest absolute Gasteiger partial charge is 0.244 e. The van der Waals surface area contributed by atoms with Crippen LogP contribution in [0.4, 0.5) is 0 Å². The first-order chi connectivity index (χ1) is 8.59. The van der Waals surface area contributed by atoms with Crippen molar-refractivity contribution in [3.05, 3.63) is 35.9 Å². The molecule has 1 saturated heterocycles. The van der Waals surface area contributed by atoms with Crippen LogP contribution in [0.1, 0.15) is 38.3 Å². The third-order valence-electron chi connectivity index (χ3n) is 3.85. The third kappa shape index (κ3) is 2.72. The number of carbonyl (C=O) groups is 1. The molecule has 98 valence electrons. The van der Waals surface area contributed by atoms with Crippen LogP contribution in [-0.2, 0) is 4.79 Å². The molecule has 0 bridgehead atoms. The highest BCUT2D eigenvalue weighted by atomic mass is 16.2. The van der Waals surface area contributed by atoms with E-state index in [1.807, 2.05) is 35.2 Å². The first-order valence-electron chi connectivity index (χ1n) is 6.70. The molecule has 2 rings (SSSR count). The maximum absolute atomic E-state index is 12.4. The summed E-state index contributed by atoms with van der Waals surface area (Å²) >= 11 is 0. The van der Waals surface area contributed by atoms with Gasteiger partial charge in [-0.2, -0.15) is 0 Å². The molecule has 3 heteroatoms. The SMILES string of the molecule is CC1CCN(C(=O)C(N)c2ccccc2)C(C)C1. The Balaban J connectivity index is 2.07. The summed E-state index contributed by atoms with van der Waals surface area (Å²) in [7, 11) is 0. The minimum absolute atomic E-state index is 0.0561. The van der Waals surface area contributed by atoms with Gasteiger partial charge in [0.25, 0.3) is 0 Å². The summed E-state index contributed by atoms with van der Waals surface area (Å²) in [6.07, 6.45) is 2.16. The van der Waals surface area contributed by atoms with Crippen molar-refractivity contribution in [3.8, 4) is 0 Å². The highest BCUT2D eigenvalue weighted by Gasteiger charge is 2.30. The lowest BCUT2D eigenvalue weighted by Gasteiger charge is -2.38. The highest BCUT2D eigenvalue weighted by molar-refractivity contribution is 5.83.